The van der Waals surface area contributed by atoms with E-state index in [0.29, 0.717) is 5.69 Å². The van der Waals surface area contributed by atoms with Crippen LogP contribution in [0.25, 0.3) is 0 Å². The Labute approximate surface area is 108 Å². The van der Waals surface area contributed by atoms with E-state index < -0.39 is 0 Å². The molecule has 1 rings (SSSR count). The number of ether oxygens (including phenoxy) is 1. The molecule has 0 aliphatic rings. The molecule has 102 valence electrons. The first-order valence-corrected chi connectivity index (χ1v) is 6.23. The minimum absolute atomic E-state index is 0.0601. The molecule has 1 aromatic rings. The van der Waals surface area contributed by atoms with E-state index in [4.69, 9.17) is 4.74 Å². The quantitative estimate of drug-likeness (QED) is 0.746. The monoisotopic (exact) mass is 254 g/mol. The number of anilines is 1. The summed E-state index contributed by atoms with van der Waals surface area (Å²) in [5.74, 6) is -0.166. The number of likely N-dealkylation sites (N-methyl/N-ethyl adjacent to an activating group) is 1. The number of amides is 1. The molecule has 0 saturated heterocycles. The third-order valence-electron chi connectivity index (χ3n) is 2.73. The van der Waals surface area contributed by atoms with Crippen LogP contribution in [-0.4, -0.2) is 53.9 Å². The normalized spacial score (nSPS) is 10.9. The van der Waals surface area contributed by atoms with Gasteiger partial charge in [-0.2, -0.15) is 5.10 Å². The van der Waals surface area contributed by atoms with Gasteiger partial charge in [-0.3, -0.25) is 9.48 Å². The zero-order chi connectivity index (χ0) is 13.4. The maximum Gasteiger partial charge on any atom is 0.250 e. The molecule has 6 nitrogen and oxygen atoms in total. The summed E-state index contributed by atoms with van der Waals surface area (Å²) in [6, 6.07) is 0. The number of carbonyl (C=O) groups is 1. The van der Waals surface area contributed by atoms with Gasteiger partial charge in [0.1, 0.15) is 6.61 Å². The molecule has 1 N–H and O–H groups in total. The standard InChI is InChI=1S/C12H22N4O2/c1-4-15(5-2)6-7-16-9-11(8-13-16)14-12(17)10-18-3/h8-9H,4-7,10H2,1-3H3,(H,14,17). The van der Waals surface area contributed by atoms with Crippen molar-refractivity contribution in [2.24, 2.45) is 0 Å². The van der Waals surface area contributed by atoms with Gasteiger partial charge in [-0.25, -0.2) is 0 Å². The van der Waals surface area contributed by atoms with E-state index in [1.165, 1.54) is 7.11 Å². The summed E-state index contributed by atoms with van der Waals surface area (Å²) < 4.78 is 6.58. The zero-order valence-electron chi connectivity index (χ0n) is 11.3. The minimum Gasteiger partial charge on any atom is -0.375 e. The van der Waals surface area contributed by atoms with Gasteiger partial charge >= 0.3 is 0 Å². The number of hydrogen-bond acceptors (Lipinski definition) is 4. The number of hydrogen-bond donors (Lipinski definition) is 1. The molecule has 6 heteroatoms. The molecule has 18 heavy (non-hydrogen) atoms. The fraction of sp³-hybridized carbons (Fsp3) is 0.667. The van der Waals surface area contributed by atoms with Crippen molar-refractivity contribution < 1.29 is 9.53 Å². The van der Waals surface area contributed by atoms with Crippen LogP contribution in [0.2, 0.25) is 0 Å². The highest BCUT2D eigenvalue weighted by molar-refractivity contribution is 5.91. The van der Waals surface area contributed by atoms with E-state index in [1.54, 1.807) is 6.20 Å². The Morgan fingerprint density at radius 1 is 1.50 bits per heavy atom. The first kappa shape index (κ1) is 14.7. The minimum atomic E-state index is -0.166. The van der Waals surface area contributed by atoms with E-state index in [2.05, 4.69) is 29.2 Å². The van der Waals surface area contributed by atoms with Crippen LogP contribution in [-0.2, 0) is 16.1 Å². The summed E-state index contributed by atoms with van der Waals surface area (Å²) in [6.07, 6.45) is 3.48. The molecule has 1 aromatic heterocycles. The second-order valence-electron chi connectivity index (χ2n) is 4.00. The van der Waals surface area contributed by atoms with Gasteiger partial charge in [0, 0.05) is 19.9 Å². The Morgan fingerprint density at radius 2 is 2.22 bits per heavy atom. The molecule has 0 fully saturated rings. The van der Waals surface area contributed by atoms with Gasteiger partial charge in [0.15, 0.2) is 0 Å². The third-order valence-corrected chi connectivity index (χ3v) is 2.73. The highest BCUT2D eigenvalue weighted by atomic mass is 16.5. The fourth-order valence-corrected chi connectivity index (χ4v) is 1.66. The Morgan fingerprint density at radius 3 is 2.83 bits per heavy atom. The lowest BCUT2D eigenvalue weighted by Crippen LogP contribution is -2.27. The number of aromatic nitrogens is 2. The van der Waals surface area contributed by atoms with Crippen LogP contribution in [0, 0.1) is 0 Å². The summed E-state index contributed by atoms with van der Waals surface area (Å²) in [4.78, 5) is 13.6. The number of nitrogens with zero attached hydrogens (tertiary/aromatic N) is 3. The van der Waals surface area contributed by atoms with Crippen molar-refractivity contribution in [3.8, 4) is 0 Å². The lowest BCUT2D eigenvalue weighted by molar-refractivity contribution is -0.119. The summed E-state index contributed by atoms with van der Waals surface area (Å²) in [7, 11) is 1.49. The first-order chi connectivity index (χ1) is 8.69. The topological polar surface area (TPSA) is 59.4 Å². The molecule has 0 aliphatic heterocycles. The lowest BCUT2D eigenvalue weighted by atomic mass is 10.4. The van der Waals surface area contributed by atoms with Gasteiger partial charge in [-0.1, -0.05) is 13.8 Å². The van der Waals surface area contributed by atoms with Crippen molar-refractivity contribution in [2.45, 2.75) is 20.4 Å². The highest BCUT2D eigenvalue weighted by Gasteiger charge is 2.05. The molecule has 0 saturated carbocycles. The van der Waals surface area contributed by atoms with E-state index in [-0.39, 0.29) is 12.5 Å². The van der Waals surface area contributed by atoms with Gasteiger partial charge in [0.2, 0.25) is 5.91 Å². The van der Waals surface area contributed by atoms with Crippen LogP contribution >= 0.6 is 0 Å². The van der Waals surface area contributed by atoms with Crippen LogP contribution in [0.4, 0.5) is 5.69 Å². The van der Waals surface area contributed by atoms with Gasteiger partial charge in [0.25, 0.3) is 0 Å². The second kappa shape index (κ2) is 7.84. The number of nitrogens with one attached hydrogen (secondary N) is 1. The van der Waals surface area contributed by atoms with Crippen molar-refractivity contribution >= 4 is 11.6 Å². The third kappa shape index (κ3) is 4.85. The SMILES string of the molecule is CCN(CC)CCn1cc(NC(=O)COC)cn1. The van der Waals surface area contributed by atoms with Gasteiger partial charge in [-0.15, -0.1) is 0 Å². The van der Waals surface area contributed by atoms with Crippen molar-refractivity contribution in [3.05, 3.63) is 12.4 Å². The fourth-order valence-electron chi connectivity index (χ4n) is 1.66. The summed E-state index contributed by atoms with van der Waals surface area (Å²) in [6.45, 7) is 8.20. The van der Waals surface area contributed by atoms with Crippen LogP contribution in [0.15, 0.2) is 12.4 Å². The first-order valence-electron chi connectivity index (χ1n) is 6.23. The predicted molar refractivity (Wildman–Crippen MR) is 70.5 cm³/mol. The van der Waals surface area contributed by atoms with Crippen molar-refractivity contribution in [1.29, 1.82) is 0 Å². The van der Waals surface area contributed by atoms with Gasteiger partial charge in [-0.05, 0) is 13.1 Å². The molecule has 0 atom stereocenters. The van der Waals surface area contributed by atoms with E-state index in [9.17, 15) is 4.79 Å². The smallest absolute Gasteiger partial charge is 0.250 e. The zero-order valence-corrected chi connectivity index (χ0v) is 11.3. The molecule has 0 radical (unpaired) electrons. The molecule has 0 unspecified atom stereocenters. The second-order valence-corrected chi connectivity index (χ2v) is 4.00. The van der Waals surface area contributed by atoms with E-state index >= 15 is 0 Å². The van der Waals surface area contributed by atoms with Crippen LogP contribution in [0.5, 0.6) is 0 Å². The van der Waals surface area contributed by atoms with E-state index in [1.807, 2.05) is 10.9 Å². The molecule has 0 aromatic carbocycles. The van der Waals surface area contributed by atoms with E-state index in [0.717, 1.165) is 26.2 Å². The average Bonchev–Trinajstić information content (AvgIpc) is 2.78. The maximum atomic E-state index is 11.3. The molecular formula is C12H22N4O2. The summed E-state index contributed by atoms with van der Waals surface area (Å²) in [5, 5.41) is 6.92. The molecule has 1 heterocycles. The van der Waals surface area contributed by atoms with Gasteiger partial charge in [0.05, 0.1) is 18.4 Å². The summed E-state index contributed by atoms with van der Waals surface area (Å²) in [5.41, 5.74) is 0.705. The molecule has 0 aliphatic carbocycles. The maximum absolute atomic E-state index is 11.3. The van der Waals surface area contributed by atoms with Crippen LogP contribution in [0.1, 0.15) is 13.8 Å². The Bertz CT molecular complexity index is 361. The summed E-state index contributed by atoms with van der Waals surface area (Å²) >= 11 is 0. The van der Waals surface area contributed by atoms with Crippen LogP contribution in [0.3, 0.4) is 0 Å². The number of methoxy groups -OCH3 is 1. The van der Waals surface area contributed by atoms with Gasteiger partial charge < -0.3 is 15.0 Å². The van der Waals surface area contributed by atoms with Crippen molar-refractivity contribution in [3.63, 3.8) is 0 Å². The van der Waals surface area contributed by atoms with Crippen LogP contribution < -0.4 is 5.32 Å². The molecular weight excluding hydrogens is 232 g/mol. The number of carbonyl (C=O) groups excluding carboxylic acids is 1. The predicted octanol–water partition coefficient (Wildman–Crippen LogP) is 0.810. The molecule has 1 amide bonds. The largest absolute Gasteiger partial charge is 0.375 e. The highest BCUT2D eigenvalue weighted by Crippen LogP contribution is 2.04. The lowest BCUT2D eigenvalue weighted by Gasteiger charge is -2.17. The molecule has 0 bridgehead atoms. The average molecular weight is 254 g/mol. The Balaban J connectivity index is 2.40. The number of rotatable bonds is 8. The Hall–Kier alpha value is -1.40. The molecule has 0 spiro atoms. The van der Waals surface area contributed by atoms with Crippen molar-refractivity contribution in [2.75, 3.05) is 38.7 Å². The Kier molecular flexibility index (Phi) is 6.38. The van der Waals surface area contributed by atoms with Crippen molar-refractivity contribution in [1.82, 2.24) is 14.7 Å².